The van der Waals surface area contributed by atoms with Crippen molar-refractivity contribution in [3.05, 3.63) is 35.9 Å². The number of aliphatic carboxylic acids is 3. The topological polar surface area (TPSA) is 543 Å². The van der Waals surface area contributed by atoms with Crippen molar-refractivity contribution in [1.82, 2.24) is 58.5 Å². The summed E-state index contributed by atoms with van der Waals surface area (Å²) in [4.78, 5) is 188. The van der Waals surface area contributed by atoms with Crippen LogP contribution in [0.15, 0.2) is 35.3 Å². The quantitative estimate of drug-likeness (QED) is 0.0166. The molecule has 33 heteroatoms. The number of carboxylic acids is 3. The van der Waals surface area contributed by atoms with Gasteiger partial charge in [-0.2, -0.15) is 0 Å². The Bertz CT molecular complexity index is 2650. The summed E-state index contributed by atoms with van der Waals surface area (Å²) in [6.45, 7) is 14.0. The number of carbonyl (C=O) groups is 14. The van der Waals surface area contributed by atoms with Crippen LogP contribution in [0.1, 0.15) is 113 Å². The Balaban J connectivity index is 3.39. The number of nitrogens with zero attached hydrogens (tertiary/aromatic N) is 1. The molecule has 0 spiro atoms. The van der Waals surface area contributed by atoms with Crippen molar-refractivity contribution < 1.29 is 87.5 Å². The van der Waals surface area contributed by atoms with Gasteiger partial charge < -0.3 is 96.1 Å². The van der Waals surface area contributed by atoms with Gasteiger partial charge in [0.25, 0.3) is 0 Å². The zero-order valence-electron chi connectivity index (χ0n) is 51.8. The first-order valence-electron chi connectivity index (χ1n) is 29.0. The minimum Gasteiger partial charge on any atom is -0.481 e. The highest BCUT2D eigenvalue weighted by molar-refractivity contribution is 6.00. The Morgan fingerprint density at radius 1 is 0.506 bits per heavy atom. The zero-order valence-corrected chi connectivity index (χ0v) is 51.8. The smallest absolute Gasteiger partial charge is 0.328 e. The summed E-state index contributed by atoms with van der Waals surface area (Å²) in [6, 6.07) is -6.67. The molecule has 21 N–H and O–H groups in total. The highest BCUT2D eigenvalue weighted by atomic mass is 16.4. The molecule has 0 aromatic heterocycles. The van der Waals surface area contributed by atoms with Gasteiger partial charge in [-0.15, -0.1) is 0 Å². The summed E-state index contributed by atoms with van der Waals surface area (Å²) in [6.07, 6.45) is -3.09. The van der Waals surface area contributed by atoms with Gasteiger partial charge in [-0.05, 0) is 62.3 Å². The molecule has 0 fully saturated rings. The molecule has 0 aliphatic carbocycles. The number of nitrogens with two attached hydrogens (primary N) is 3. The standard InChI is InChI=1S/C56H91N15O18/c1-11-29(8)44(71-50(83)34(20-26(2)3)64-38(73)24-62-48(81)36(22-40(75)76)65-47(80)33(57)18-15-19-60-56(58)59)54(87)67-37(23-41(77)78)49(82)66-35(21-32-16-13-12-14-17-32)51(84)69-43(28(6)7)53(86)70-42(27(4)5)52(85)63-30(9)46(79)61-25-39(74)68-45(31(10)72)55(88)89/h12-14,16-17,26-31,33-37,42-45,72H,11,15,18-25,57H2,1-10H3,(H,61,79)(H,62,81)(H,63,85)(H,64,73)(H,65,80)(H,66,82)(H,67,87)(H,68,74)(H,69,84)(H,70,86)(H,71,83)(H,75,76)(H,77,78)(H,88,89)(H4,58,59,60)/t29-,30-,31+,33-,34-,35-,36-,37-,42-,43-,44-,45-/m0/s1. The van der Waals surface area contributed by atoms with Crippen LogP contribution in [0.5, 0.6) is 0 Å². The number of nitrogens with one attached hydrogen (secondary N) is 11. The van der Waals surface area contributed by atoms with Crippen molar-refractivity contribution in [3.8, 4) is 0 Å². The monoisotopic (exact) mass is 1260 g/mol. The van der Waals surface area contributed by atoms with Gasteiger partial charge in [0.15, 0.2) is 12.0 Å². The third kappa shape index (κ3) is 29.5. The normalized spacial score (nSPS) is 15.1. The third-order valence-electron chi connectivity index (χ3n) is 13.6. The van der Waals surface area contributed by atoms with Crippen LogP contribution in [0, 0.1) is 23.7 Å². The SMILES string of the molecule is CC[C@H](C)[C@H](NC(=O)[C@H](CC(C)C)NC(=O)CNC(=O)[C@H](CC(=O)O)NC(=O)[C@@H](N)CCCN=C(N)N)C(=O)N[C@@H](CC(=O)O)C(=O)N[C@@H](Cc1ccccc1)C(=O)N[C@H](C(=O)N[C@H](C(=O)N[C@@H](C)C(=O)NCC(=O)N[C@H](C(=O)O)[C@@H](C)O)C(C)C)C(C)C. The van der Waals surface area contributed by atoms with Gasteiger partial charge >= 0.3 is 17.9 Å². The van der Waals surface area contributed by atoms with Gasteiger partial charge in [0, 0.05) is 13.0 Å². The number of carboxylic acid groups (broad SMARTS) is 3. The second-order valence-electron chi connectivity index (χ2n) is 22.5. The fraction of sp³-hybridized carbons (Fsp3) is 0.625. The summed E-state index contributed by atoms with van der Waals surface area (Å²) in [7, 11) is 0. The Morgan fingerprint density at radius 3 is 1.45 bits per heavy atom. The maximum absolute atomic E-state index is 14.4. The summed E-state index contributed by atoms with van der Waals surface area (Å²) < 4.78 is 0. The molecular formula is C56H91N15O18. The van der Waals surface area contributed by atoms with Crippen LogP contribution in [-0.2, 0) is 73.5 Å². The van der Waals surface area contributed by atoms with E-state index in [-0.39, 0.29) is 50.5 Å². The van der Waals surface area contributed by atoms with Gasteiger partial charge in [0.05, 0.1) is 38.1 Å². The highest BCUT2D eigenvalue weighted by Crippen LogP contribution is 2.14. The van der Waals surface area contributed by atoms with Gasteiger partial charge in [-0.25, -0.2) is 4.79 Å². The Labute approximate surface area is 515 Å². The second-order valence-corrected chi connectivity index (χ2v) is 22.5. The molecular weight excluding hydrogens is 1170 g/mol. The van der Waals surface area contributed by atoms with Crippen molar-refractivity contribution in [2.24, 2.45) is 45.9 Å². The number of carbonyl (C=O) groups excluding carboxylic acids is 11. The van der Waals surface area contributed by atoms with E-state index in [2.05, 4.69) is 63.5 Å². The van der Waals surface area contributed by atoms with Crippen molar-refractivity contribution in [2.75, 3.05) is 19.6 Å². The van der Waals surface area contributed by atoms with Crippen molar-refractivity contribution >= 4 is 88.8 Å². The van der Waals surface area contributed by atoms with E-state index in [9.17, 15) is 87.5 Å². The van der Waals surface area contributed by atoms with Gasteiger partial charge in [-0.1, -0.05) is 92.1 Å². The first kappa shape index (κ1) is 78.0. The van der Waals surface area contributed by atoms with Crippen LogP contribution in [0.25, 0.3) is 0 Å². The van der Waals surface area contributed by atoms with Gasteiger partial charge in [-0.3, -0.25) is 67.3 Å². The number of benzene rings is 1. The van der Waals surface area contributed by atoms with E-state index >= 15 is 0 Å². The van der Waals surface area contributed by atoms with Gasteiger partial charge in [0.2, 0.25) is 65.0 Å². The lowest BCUT2D eigenvalue weighted by Crippen LogP contribution is -2.62. The molecule has 33 nitrogen and oxygen atoms in total. The number of rotatable bonds is 40. The molecule has 0 aliphatic rings. The minimum atomic E-state index is -1.90. The predicted molar refractivity (Wildman–Crippen MR) is 320 cm³/mol. The number of aliphatic hydroxyl groups is 1. The van der Waals surface area contributed by atoms with Crippen molar-refractivity contribution in [3.63, 3.8) is 0 Å². The van der Waals surface area contributed by atoms with Crippen LogP contribution >= 0.6 is 0 Å². The Hall–Kier alpha value is -9.01. The lowest BCUT2D eigenvalue weighted by molar-refractivity contribution is -0.144. The maximum atomic E-state index is 14.4. The van der Waals surface area contributed by atoms with Crippen LogP contribution in [0.3, 0.4) is 0 Å². The number of guanidine groups is 1. The molecule has 1 aromatic carbocycles. The molecule has 0 heterocycles. The molecule has 11 amide bonds. The lowest BCUT2D eigenvalue weighted by atomic mass is 9.96. The minimum absolute atomic E-state index is 0.0292. The summed E-state index contributed by atoms with van der Waals surface area (Å²) in [5.74, 6) is -17.5. The molecule has 0 radical (unpaired) electrons. The summed E-state index contributed by atoms with van der Waals surface area (Å²) in [5, 5.41) is 64.6. The second kappa shape index (κ2) is 39.0. The van der Waals surface area contributed by atoms with Gasteiger partial charge in [0.1, 0.15) is 48.3 Å². The van der Waals surface area contributed by atoms with E-state index < -0.39 is 193 Å². The molecule has 0 bridgehead atoms. The van der Waals surface area contributed by atoms with Crippen LogP contribution < -0.4 is 75.7 Å². The van der Waals surface area contributed by atoms with E-state index in [1.54, 1.807) is 85.7 Å². The summed E-state index contributed by atoms with van der Waals surface area (Å²) >= 11 is 0. The summed E-state index contributed by atoms with van der Waals surface area (Å²) in [5.41, 5.74) is 17.0. The molecule has 0 saturated carbocycles. The van der Waals surface area contributed by atoms with Crippen molar-refractivity contribution in [2.45, 2.75) is 181 Å². The fourth-order valence-corrected chi connectivity index (χ4v) is 8.35. The number of aliphatic imine (C=N–C) groups is 1. The average Bonchev–Trinajstić information content (AvgIpc) is 1.78. The first-order valence-corrected chi connectivity index (χ1v) is 29.0. The molecule has 89 heavy (non-hydrogen) atoms. The van der Waals surface area contributed by atoms with E-state index in [4.69, 9.17) is 17.2 Å². The molecule has 1 aromatic rings. The first-order chi connectivity index (χ1) is 41.5. The zero-order chi connectivity index (χ0) is 68.0. The van der Waals surface area contributed by atoms with E-state index in [0.717, 1.165) is 6.92 Å². The number of amides is 11. The lowest BCUT2D eigenvalue weighted by Gasteiger charge is -2.30. The van der Waals surface area contributed by atoms with E-state index in [1.165, 1.54) is 6.92 Å². The molecule has 1 rings (SSSR count). The molecule has 0 saturated heterocycles. The molecule has 12 atom stereocenters. The Kier molecular flexibility index (Phi) is 34.2. The van der Waals surface area contributed by atoms with Crippen LogP contribution in [0.4, 0.5) is 0 Å². The molecule has 0 aliphatic heterocycles. The van der Waals surface area contributed by atoms with E-state index in [0.29, 0.717) is 5.56 Å². The number of hydrogen-bond donors (Lipinski definition) is 18. The third-order valence-corrected chi connectivity index (χ3v) is 13.6. The average molecular weight is 1260 g/mol. The predicted octanol–water partition coefficient (Wildman–Crippen LogP) is -4.96. The highest BCUT2D eigenvalue weighted by Gasteiger charge is 2.38. The molecule has 498 valence electrons. The number of hydrogen-bond acceptors (Lipinski definition) is 17. The largest absolute Gasteiger partial charge is 0.481 e. The van der Waals surface area contributed by atoms with Crippen LogP contribution in [-0.4, -0.2) is 195 Å². The van der Waals surface area contributed by atoms with Crippen LogP contribution in [0.2, 0.25) is 0 Å². The molecule has 0 unspecified atom stereocenters. The van der Waals surface area contributed by atoms with Crippen molar-refractivity contribution in [1.29, 1.82) is 0 Å². The number of aliphatic hydroxyl groups excluding tert-OH is 1. The Morgan fingerprint density at radius 2 is 0.955 bits per heavy atom. The van der Waals surface area contributed by atoms with E-state index in [1.807, 2.05) is 0 Å². The fourth-order valence-electron chi connectivity index (χ4n) is 8.35. The maximum Gasteiger partial charge on any atom is 0.328 e.